The van der Waals surface area contributed by atoms with Crippen LogP contribution in [0.5, 0.6) is 0 Å². The average Bonchev–Trinajstić information content (AvgIpc) is 2.09. The summed E-state index contributed by atoms with van der Waals surface area (Å²) in [6, 6.07) is 0. The summed E-state index contributed by atoms with van der Waals surface area (Å²) >= 11 is 0. The van der Waals surface area contributed by atoms with Crippen molar-refractivity contribution in [3.05, 3.63) is 0 Å². The lowest BCUT2D eigenvalue weighted by molar-refractivity contribution is -0.137. The highest BCUT2D eigenvalue weighted by Gasteiger charge is 2.38. The quantitative estimate of drug-likeness (QED) is 0.695. The number of hydrogen-bond donors (Lipinski definition) is 0. The van der Waals surface area contributed by atoms with Gasteiger partial charge in [-0.2, -0.15) is 0 Å². The molecule has 0 radical (unpaired) electrons. The Labute approximate surface area is 97.5 Å². The first-order valence-corrected chi connectivity index (χ1v) is 7.41. The van der Waals surface area contributed by atoms with Gasteiger partial charge in [-0.25, -0.2) is 12.7 Å². The van der Waals surface area contributed by atoms with Crippen molar-refractivity contribution in [1.29, 1.82) is 0 Å². The van der Waals surface area contributed by atoms with Crippen molar-refractivity contribution in [2.75, 3.05) is 32.9 Å². The summed E-state index contributed by atoms with van der Waals surface area (Å²) < 4.78 is 23.6. The number of carbonyl (C=O) groups excluding carboxylic acids is 1. The van der Waals surface area contributed by atoms with Gasteiger partial charge in [-0.3, -0.25) is 4.79 Å². The Hall–Kier alpha value is -0.620. The smallest absolute Gasteiger partial charge is 0.228 e. The molecule has 1 fully saturated rings. The van der Waals surface area contributed by atoms with Crippen LogP contribution < -0.4 is 0 Å². The van der Waals surface area contributed by atoms with Gasteiger partial charge < -0.3 is 4.90 Å². The number of sulfonamides is 1. The second-order valence-corrected chi connectivity index (χ2v) is 6.37. The zero-order chi connectivity index (χ0) is 12.3. The van der Waals surface area contributed by atoms with E-state index in [1.807, 2.05) is 0 Å². The predicted molar refractivity (Wildman–Crippen MR) is 62.5 cm³/mol. The van der Waals surface area contributed by atoms with Crippen LogP contribution in [0, 0.1) is 5.92 Å². The molecule has 16 heavy (non-hydrogen) atoms. The number of unbranched alkanes of at least 4 members (excludes halogenated alkanes) is 1. The summed E-state index contributed by atoms with van der Waals surface area (Å²) in [7, 11) is -1.33. The molecule has 0 aromatic rings. The number of rotatable bonds is 5. The zero-order valence-corrected chi connectivity index (χ0v) is 11.0. The minimum Gasteiger partial charge on any atom is -0.345 e. The van der Waals surface area contributed by atoms with Crippen molar-refractivity contribution in [2.24, 2.45) is 5.92 Å². The molecule has 6 heteroatoms. The molecule has 0 atom stereocenters. The number of hydrogen-bond acceptors (Lipinski definition) is 3. The minimum absolute atomic E-state index is 0.0633. The Morgan fingerprint density at radius 3 is 2.44 bits per heavy atom. The molecule has 0 N–H and O–H groups in total. The Kier molecular flexibility index (Phi) is 4.32. The molecule has 1 rings (SSSR count). The maximum absolute atomic E-state index is 11.8. The van der Waals surface area contributed by atoms with E-state index in [-0.39, 0.29) is 11.8 Å². The standard InChI is InChI=1S/C10H20N2O3S/c1-4-5-6-11(2)10(13)9-7-12(8-9)16(3,14)15/h9H,4-8H2,1-3H3. The van der Waals surface area contributed by atoms with Gasteiger partial charge in [0.05, 0.1) is 12.2 Å². The van der Waals surface area contributed by atoms with E-state index in [1.54, 1.807) is 11.9 Å². The van der Waals surface area contributed by atoms with Crippen molar-refractivity contribution >= 4 is 15.9 Å². The fraction of sp³-hybridized carbons (Fsp3) is 0.900. The molecule has 94 valence electrons. The van der Waals surface area contributed by atoms with E-state index in [1.165, 1.54) is 10.6 Å². The topological polar surface area (TPSA) is 57.7 Å². The van der Waals surface area contributed by atoms with Crippen LogP contribution in [0.15, 0.2) is 0 Å². The van der Waals surface area contributed by atoms with Crippen LogP contribution in [0.2, 0.25) is 0 Å². The molecule has 1 saturated heterocycles. The first kappa shape index (κ1) is 13.4. The molecule has 1 amide bonds. The highest BCUT2D eigenvalue weighted by atomic mass is 32.2. The van der Waals surface area contributed by atoms with Crippen molar-refractivity contribution in [3.8, 4) is 0 Å². The van der Waals surface area contributed by atoms with Gasteiger partial charge in [-0.05, 0) is 6.42 Å². The molecule has 1 heterocycles. The van der Waals surface area contributed by atoms with Crippen LogP contribution in [0.1, 0.15) is 19.8 Å². The lowest BCUT2D eigenvalue weighted by atomic mass is 10.0. The summed E-state index contributed by atoms with van der Waals surface area (Å²) in [5.41, 5.74) is 0. The molecule has 1 aliphatic rings. The van der Waals surface area contributed by atoms with Crippen LogP contribution >= 0.6 is 0 Å². The second-order valence-electron chi connectivity index (χ2n) is 4.39. The molecule has 0 saturated carbocycles. The third-order valence-electron chi connectivity index (χ3n) is 2.89. The molecule has 1 aliphatic heterocycles. The van der Waals surface area contributed by atoms with Gasteiger partial charge in [0.2, 0.25) is 15.9 Å². The fourth-order valence-electron chi connectivity index (χ4n) is 1.68. The van der Waals surface area contributed by atoms with Crippen LogP contribution in [-0.4, -0.2) is 56.5 Å². The summed E-state index contributed by atoms with van der Waals surface area (Å²) in [6.45, 7) is 3.51. The van der Waals surface area contributed by atoms with E-state index in [4.69, 9.17) is 0 Å². The Bertz CT molecular complexity index is 347. The summed E-state index contributed by atoms with van der Waals surface area (Å²) in [5.74, 6) is -0.0788. The van der Waals surface area contributed by atoms with E-state index in [2.05, 4.69) is 6.92 Å². The third-order valence-corrected chi connectivity index (χ3v) is 4.13. The summed E-state index contributed by atoms with van der Waals surface area (Å²) in [6.07, 6.45) is 3.22. The Morgan fingerprint density at radius 1 is 1.44 bits per heavy atom. The van der Waals surface area contributed by atoms with Crippen LogP contribution in [0.25, 0.3) is 0 Å². The van der Waals surface area contributed by atoms with Gasteiger partial charge in [-0.1, -0.05) is 13.3 Å². The van der Waals surface area contributed by atoms with Crippen molar-refractivity contribution < 1.29 is 13.2 Å². The van der Waals surface area contributed by atoms with E-state index in [9.17, 15) is 13.2 Å². The maximum Gasteiger partial charge on any atom is 0.228 e. The van der Waals surface area contributed by atoms with E-state index >= 15 is 0 Å². The lowest BCUT2D eigenvalue weighted by Gasteiger charge is -2.38. The zero-order valence-electron chi connectivity index (χ0n) is 10.1. The van der Waals surface area contributed by atoms with Gasteiger partial charge in [0.25, 0.3) is 0 Å². The molecular weight excluding hydrogens is 228 g/mol. The van der Waals surface area contributed by atoms with Gasteiger partial charge in [-0.15, -0.1) is 0 Å². The molecule has 0 spiro atoms. The van der Waals surface area contributed by atoms with Crippen molar-refractivity contribution in [2.45, 2.75) is 19.8 Å². The molecule has 0 bridgehead atoms. The Morgan fingerprint density at radius 2 is 2.00 bits per heavy atom. The monoisotopic (exact) mass is 248 g/mol. The maximum atomic E-state index is 11.8. The number of amides is 1. The van der Waals surface area contributed by atoms with E-state index in [0.717, 1.165) is 19.4 Å². The summed E-state index contributed by atoms with van der Waals surface area (Å²) in [4.78, 5) is 13.5. The van der Waals surface area contributed by atoms with Gasteiger partial charge >= 0.3 is 0 Å². The summed E-state index contributed by atoms with van der Waals surface area (Å²) in [5, 5.41) is 0. The molecule has 0 aliphatic carbocycles. The van der Waals surface area contributed by atoms with Crippen LogP contribution in [0.3, 0.4) is 0 Å². The van der Waals surface area contributed by atoms with Crippen LogP contribution in [-0.2, 0) is 14.8 Å². The molecule has 0 unspecified atom stereocenters. The second kappa shape index (κ2) is 5.14. The average molecular weight is 248 g/mol. The normalized spacial score (nSPS) is 18.2. The molecular formula is C10H20N2O3S. The van der Waals surface area contributed by atoms with Crippen molar-refractivity contribution in [3.63, 3.8) is 0 Å². The highest BCUT2D eigenvalue weighted by molar-refractivity contribution is 7.88. The molecule has 5 nitrogen and oxygen atoms in total. The first-order valence-electron chi connectivity index (χ1n) is 5.56. The highest BCUT2D eigenvalue weighted by Crippen LogP contribution is 2.20. The third kappa shape index (κ3) is 3.18. The van der Waals surface area contributed by atoms with Crippen LogP contribution in [0.4, 0.5) is 0 Å². The molecule has 0 aromatic carbocycles. The van der Waals surface area contributed by atoms with Gasteiger partial charge in [0.15, 0.2) is 0 Å². The van der Waals surface area contributed by atoms with Crippen molar-refractivity contribution in [1.82, 2.24) is 9.21 Å². The number of nitrogens with zero attached hydrogens (tertiary/aromatic N) is 2. The largest absolute Gasteiger partial charge is 0.345 e. The number of carbonyl (C=O) groups is 1. The lowest BCUT2D eigenvalue weighted by Crippen LogP contribution is -2.55. The molecule has 0 aromatic heterocycles. The SMILES string of the molecule is CCCCN(C)C(=O)C1CN(S(C)(=O)=O)C1. The minimum atomic E-state index is -3.11. The predicted octanol–water partition coefficient (Wildman–Crippen LogP) is 0.136. The Balaban J connectivity index is 2.37. The van der Waals surface area contributed by atoms with E-state index < -0.39 is 10.0 Å². The fourth-order valence-corrected chi connectivity index (χ4v) is 2.58. The van der Waals surface area contributed by atoms with Gasteiger partial charge in [0, 0.05) is 26.7 Å². The van der Waals surface area contributed by atoms with Gasteiger partial charge in [0.1, 0.15) is 0 Å². The first-order chi connectivity index (χ1) is 7.36. The van der Waals surface area contributed by atoms with E-state index in [0.29, 0.717) is 13.1 Å².